The van der Waals surface area contributed by atoms with Crippen molar-refractivity contribution in [2.45, 2.75) is 19.3 Å². The first-order chi connectivity index (χ1) is 40.9. The fourth-order valence-electron chi connectivity index (χ4n) is 9.89. The zero-order valence-corrected chi connectivity index (χ0v) is 56.2. The van der Waals surface area contributed by atoms with Crippen LogP contribution in [0, 0.1) is 60.8 Å². The van der Waals surface area contributed by atoms with Crippen LogP contribution < -0.4 is 4.74 Å². The third kappa shape index (κ3) is 15.3. The minimum absolute atomic E-state index is 0. The van der Waals surface area contributed by atoms with Gasteiger partial charge in [-0.05, 0) is 58.9 Å². The molecule has 15 heteroatoms. The molecule has 0 amide bonds. The van der Waals surface area contributed by atoms with Crippen LogP contribution in [0.2, 0.25) is 0 Å². The van der Waals surface area contributed by atoms with Gasteiger partial charge in [-0.15, -0.1) is 24.3 Å². The van der Waals surface area contributed by atoms with Gasteiger partial charge in [0.25, 0.3) is 0 Å². The normalized spacial score (nSPS) is 10.1. The monoisotopic (exact) mass is 1850 g/mol. The van der Waals surface area contributed by atoms with E-state index in [0.29, 0.717) is 17.0 Å². The van der Waals surface area contributed by atoms with Crippen molar-refractivity contribution < 1.29 is 89.0 Å². The van der Waals surface area contributed by atoms with Crippen LogP contribution in [0.25, 0.3) is 45.1 Å². The van der Waals surface area contributed by atoms with E-state index < -0.39 is 5.41 Å². The minimum Gasteiger partial charge on any atom is -0.480 e. The van der Waals surface area contributed by atoms with Gasteiger partial charge in [-0.1, -0.05) is 152 Å². The smallest absolute Gasteiger partial charge is 0.232 e. The van der Waals surface area contributed by atoms with Crippen molar-refractivity contribution in [3.05, 3.63) is 343 Å². The van der Waals surface area contributed by atoms with E-state index in [2.05, 4.69) is 192 Å². The Bertz CT molecular complexity index is 4060. The Labute approximate surface area is 565 Å². The van der Waals surface area contributed by atoms with E-state index in [1.165, 1.54) is 30.0 Å². The van der Waals surface area contributed by atoms with Crippen molar-refractivity contribution in [2.24, 2.45) is 0 Å². The number of aromatic nitrogens is 8. The molecule has 13 aromatic rings. The van der Waals surface area contributed by atoms with E-state index in [1.54, 1.807) is 21.6 Å². The van der Waals surface area contributed by atoms with E-state index >= 15 is 0 Å². The number of ether oxygens (including phenoxy) is 1. The number of benzene rings is 9. The second-order valence-corrected chi connectivity index (χ2v) is 18.7. The number of nitrogens with zero attached hydrogens (tertiary/aromatic N) is 10. The molecule has 0 bridgehead atoms. The Morgan fingerprint density at radius 2 is 0.724 bits per heavy atom. The molecule has 4 aromatic heterocycles. The summed E-state index contributed by atoms with van der Waals surface area (Å²) in [6.45, 7) is 4.01. The molecule has 0 unspecified atom stereocenters. The standard InChI is InChI=1S/C29H23N2.C21H15N2.C11H8N3O.C11H8N3.4Pt/c1-23-28(22-30-31(23)27-20-12-5-13-21-27)29(24-14-6-2-7-15-24,25-16-8-3-9-17-25)26-18-10-4-11-19-26;1-4-10-17(11-5-1)20-16-22-23(19-14-8-3-9-15-19)21(20)18-12-6-2-7-13-18;1-15-11-9(7-12)8-13-14(11)10-5-3-2-4-6-10;1-9-10(7-12)8-13-14(9)11-5-3-2-4-6-11;;;;/h2-20,22H,1H3;1-14,16H;2-5,8H,1H3;2-5,8H,1H3;;;;/q4*-1;;;;. The van der Waals surface area contributed by atoms with Gasteiger partial charge in [-0.25, -0.2) is 4.68 Å². The summed E-state index contributed by atoms with van der Waals surface area (Å²) in [7, 11) is 1.51. The van der Waals surface area contributed by atoms with Gasteiger partial charge < -0.3 is 4.74 Å². The SMILES string of the molecule is COc1c(C#N)cnn1-c1[c-]cccc1.Cc1c(C#N)cnn1-c1[c-]cccc1.Cc1c(C(c2ccccc2)(c2ccccc2)c2ccccc2)cnn1-c1[c-]cccc1.[Pt].[Pt].[Pt].[Pt].[c-]1ccccc1-n1ncc(-c2ccccc2)c1-c1ccccc1. The van der Waals surface area contributed by atoms with E-state index in [9.17, 15) is 0 Å². The maximum Gasteiger partial charge on any atom is 0.232 e. The van der Waals surface area contributed by atoms with Crippen molar-refractivity contribution in [1.82, 2.24) is 39.1 Å². The Balaban J connectivity index is 0.000000192. The largest absolute Gasteiger partial charge is 0.480 e. The van der Waals surface area contributed by atoms with Crippen LogP contribution in [0.1, 0.15) is 44.8 Å². The number of para-hydroxylation sites is 4. The third-order valence-corrected chi connectivity index (χ3v) is 13.8. The van der Waals surface area contributed by atoms with Gasteiger partial charge >= 0.3 is 0 Å². The van der Waals surface area contributed by atoms with E-state index in [-0.39, 0.29) is 84.3 Å². The Morgan fingerprint density at radius 1 is 0.379 bits per heavy atom. The molecule has 0 aliphatic heterocycles. The molecule has 0 saturated heterocycles. The van der Waals surface area contributed by atoms with Gasteiger partial charge in [0.1, 0.15) is 17.7 Å². The van der Waals surface area contributed by atoms with Gasteiger partial charge in [0.05, 0.1) is 54.3 Å². The summed E-state index contributed by atoms with van der Waals surface area (Å²) < 4.78 is 12.3. The maximum atomic E-state index is 8.82. The average Bonchev–Trinajstić information content (AvgIpc) is 1.78. The van der Waals surface area contributed by atoms with E-state index in [0.717, 1.165) is 62.1 Å². The molecule has 442 valence electrons. The Morgan fingerprint density at radius 3 is 1.13 bits per heavy atom. The predicted molar refractivity (Wildman–Crippen MR) is 324 cm³/mol. The number of hydrogen-bond acceptors (Lipinski definition) is 7. The van der Waals surface area contributed by atoms with Crippen molar-refractivity contribution in [3.63, 3.8) is 0 Å². The molecule has 0 aliphatic rings. The van der Waals surface area contributed by atoms with Gasteiger partial charge in [0.2, 0.25) is 5.88 Å². The number of nitriles is 2. The molecule has 0 radical (unpaired) electrons. The summed E-state index contributed by atoms with van der Waals surface area (Å²) in [6, 6.07) is 100. The number of rotatable bonds is 11. The van der Waals surface area contributed by atoms with Crippen LogP contribution in [-0.2, 0) is 89.7 Å². The predicted octanol–water partition coefficient (Wildman–Crippen LogP) is 14.8. The second-order valence-electron chi connectivity index (χ2n) is 18.7. The summed E-state index contributed by atoms with van der Waals surface area (Å²) in [5, 5.41) is 35.2. The molecule has 0 N–H and O–H groups in total. The molecule has 13 rings (SSSR count). The third-order valence-electron chi connectivity index (χ3n) is 13.8. The first kappa shape index (κ1) is 67.5. The van der Waals surface area contributed by atoms with Crippen LogP contribution in [0.15, 0.2) is 274 Å². The van der Waals surface area contributed by atoms with E-state index in [4.69, 9.17) is 20.4 Å². The second kappa shape index (κ2) is 33.3. The Hall–Kier alpha value is -8.65. The van der Waals surface area contributed by atoms with Gasteiger partial charge in [-0.3, -0.25) is 14.0 Å². The molecular weight excluding hydrogens is 1800 g/mol. The number of hydrogen-bond donors (Lipinski definition) is 0. The van der Waals surface area contributed by atoms with Crippen LogP contribution in [-0.4, -0.2) is 46.2 Å². The van der Waals surface area contributed by atoms with Crippen molar-refractivity contribution in [3.8, 4) is 63.2 Å². The first-order valence-electron chi connectivity index (χ1n) is 26.7. The van der Waals surface area contributed by atoms with Crippen molar-refractivity contribution >= 4 is 0 Å². The summed E-state index contributed by atoms with van der Waals surface area (Å²) in [6.07, 6.45) is 6.98. The number of methoxy groups -OCH3 is 1. The average molecular weight is 1860 g/mol. The molecule has 87 heavy (non-hydrogen) atoms. The van der Waals surface area contributed by atoms with E-state index in [1.807, 2.05) is 138 Å². The first-order valence-corrected chi connectivity index (χ1v) is 26.7. The summed E-state index contributed by atoms with van der Waals surface area (Å²) >= 11 is 0. The quantitative estimate of drug-likeness (QED) is 0.0932. The molecule has 0 aliphatic carbocycles. The van der Waals surface area contributed by atoms with Gasteiger partial charge in [-0.2, -0.15) is 128 Å². The summed E-state index contributed by atoms with van der Waals surface area (Å²) in [5.74, 6) is 0.431. The Kier molecular flexibility index (Phi) is 25.8. The fraction of sp³-hybridized carbons (Fsp3) is 0.0556. The van der Waals surface area contributed by atoms with Gasteiger partial charge in [0.15, 0.2) is 0 Å². The van der Waals surface area contributed by atoms with Crippen molar-refractivity contribution in [2.75, 3.05) is 7.11 Å². The molecule has 0 fully saturated rings. The molecule has 9 aromatic carbocycles. The zero-order chi connectivity index (χ0) is 57.2. The zero-order valence-electron chi connectivity index (χ0n) is 47.1. The molecule has 0 saturated carbocycles. The van der Waals surface area contributed by atoms with Crippen LogP contribution in [0.5, 0.6) is 5.88 Å². The minimum atomic E-state index is -0.485. The molecule has 4 heterocycles. The molecule has 11 nitrogen and oxygen atoms in total. The maximum absolute atomic E-state index is 8.82. The van der Waals surface area contributed by atoms with Crippen molar-refractivity contribution in [1.29, 1.82) is 10.5 Å². The van der Waals surface area contributed by atoms with Crippen LogP contribution in [0.3, 0.4) is 0 Å². The fourth-order valence-corrected chi connectivity index (χ4v) is 9.89. The van der Waals surface area contributed by atoms with Crippen LogP contribution in [0.4, 0.5) is 0 Å². The molecule has 0 atom stereocenters. The van der Waals surface area contributed by atoms with Crippen LogP contribution >= 0.6 is 0 Å². The molecule has 0 spiro atoms. The van der Waals surface area contributed by atoms with Gasteiger partial charge in [0, 0.05) is 107 Å². The topological polar surface area (TPSA) is 128 Å². The molecular formula is C72H54N10OPt4-4. The summed E-state index contributed by atoms with van der Waals surface area (Å²) in [4.78, 5) is 0. The summed E-state index contributed by atoms with van der Waals surface area (Å²) in [5.41, 5.74) is 15.2.